The molecule has 0 aliphatic heterocycles. The van der Waals surface area contributed by atoms with Crippen LogP contribution in [0.2, 0.25) is 0 Å². The first-order chi connectivity index (χ1) is 72.5. The van der Waals surface area contributed by atoms with Crippen LogP contribution in [0, 0.1) is 87.3 Å². The third kappa shape index (κ3) is 33.9. The molecule has 6 fully saturated rings. The van der Waals surface area contributed by atoms with Gasteiger partial charge in [0.15, 0.2) is 17.3 Å². The van der Waals surface area contributed by atoms with Gasteiger partial charge in [-0.3, -0.25) is 14.4 Å². The predicted octanol–water partition coefficient (Wildman–Crippen LogP) is 31.6. The lowest BCUT2D eigenvalue weighted by Gasteiger charge is -2.52. The fourth-order valence-corrected chi connectivity index (χ4v) is 30.5. The molecule has 12 aliphatic rings. The summed E-state index contributed by atoms with van der Waals surface area (Å²) in [5.74, 6) is 11.7. The van der Waals surface area contributed by atoms with Gasteiger partial charge in [-0.2, -0.15) is 0 Å². The van der Waals surface area contributed by atoms with Gasteiger partial charge in [0, 0.05) is 121 Å². The molecule has 149 heavy (non-hydrogen) atoms. The number of halogens is 2. The predicted molar refractivity (Wildman–Crippen MR) is 616 cm³/mol. The normalized spacial score (nSPS) is 25.9. The minimum atomic E-state index is -0.304. The Hall–Kier alpha value is -7.18. The molecular weight excluding hydrogens is 1890 g/mol. The lowest BCUT2D eigenvalue weighted by Crippen LogP contribution is -2.43. The van der Waals surface area contributed by atoms with Crippen molar-refractivity contribution in [2.45, 2.75) is 396 Å². The van der Waals surface area contributed by atoms with E-state index in [9.17, 15) is 28.8 Å². The first-order valence-electron chi connectivity index (χ1n) is 60.7. The molecule has 0 radical (unpaired) electrons. The molecule has 3 aromatic rings. The van der Waals surface area contributed by atoms with E-state index in [0.29, 0.717) is 110 Å². The Balaban J connectivity index is 0.000000186. The van der Waals surface area contributed by atoms with Crippen molar-refractivity contribution in [1.82, 2.24) is 16.0 Å². The lowest BCUT2D eigenvalue weighted by atomic mass is 9.52. The van der Waals surface area contributed by atoms with E-state index in [0.717, 1.165) is 252 Å². The smallest absolute Gasteiger partial charge is 0.407 e. The fraction of sp³-hybridized carbons (Fsp3) is 0.723. The highest BCUT2D eigenvalue weighted by Crippen LogP contribution is 2.68. The number of ether oxygens (including phenoxy) is 5. The molecule has 3 amide bonds. The number of methoxy groups -OCH3 is 2. The highest BCUT2D eigenvalue weighted by Gasteiger charge is 2.58. The Morgan fingerprint density at radius 1 is 0.329 bits per heavy atom. The number of carbonyl (C=O) groups excluding carboxylic acids is 6. The van der Waals surface area contributed by atoms with E-state index < -0.39 is 0 Å². The van der Waals surface area contributed by atoms with Crippen molar-refractivity contribution >= 4 is 75.9 Å². The minimum absolute atomic E-state index is 0.279. The van der Waals surface area contributed by atoms with Gasteiger partial charge in [0.2, 0.25) is 0 Å². The molecule has 15 atom stereocenters. The first-order valence-corrected chi connectivity index (χ1v) is 61.8. The lowest BCUT2D eigenvalue weighted by molar-refractivity contribution is -0.115. The zero-order valence-corrected chi connectivity index (χ0v) is 96.0. The number of hydrogen-bond acceptors (Lipinski definition) is 14. The Morgan fingerprint density at radius 3 is 0.872 bits per heavy atom. The molecule has 6 unspecified atom stereocenters. The second-order valence-corrected chi connectivity index (χ2v) is 49.0. The van der Waals surface area contributed by atoms with Crippen LogP contribution >= 0.6 is 23.2 Å². The number of nitrogens with zero attached hydrogens (tertiary/aromatic N) is 3. The van der Waals surface area contributed by atoms with Gasteiger partial charge in [0.25, 0.3) is 0 Å². The van der Waals surface area contributed by atoms with Crippen molar-refractivity contribution in [3.63, 3.8) is 0 Å². The van der Waals surface area contributed by atoms with Crippen molar-refractivity contribution in [1.29, 1.82) is 0 Å². The van der Waals surface area contributed by atoms with Crippen molar-refractivity contribution in [2.75, 3.05) is 133 Å². The molecular formula is C130H198Cl2N6O11. The van der Waals surface area contributed by atoms with Gasteiger partial charge in [0.05, 0.1) is 33.0 Å². The van der Waals surface area contributed by atoms with E-state index in [4.69, 9.17) is 46.9 Å². The molecule has 3 aromatic carbocycles. The number of aryl methyl sites for hydroxylation is 3. The van der Waals surface area contributed by atoms with Gasteiger partial charge in [-0.05, 0) is 397 Å². The first kappa shape index (κ1) is 119. The Labute approximate surface area is 911 Å². The Bertz CT molecular complexity index is 4630. The summed E-state index contributed by atoms with van der Waals surface area (Å²) < 4.78 is 26.8. The number of fused-ring (bicyclic) bond motifs is 12. The summed E-state index contributed by atoms with van der Waals surface area (Å²) in [4.78, 5) is 80.1. The Morgan fingerprint density at radius 2 is 0.597 bits per heavy atom. The van der Waals surface area contributed by atoms with Gasteiger partial charge in [0.1, 0.15) is 0 Å². The number of nitrogens with one attached hydrogen (secondary N) is 3. The molecule has 0 spiro atoms. The second kappa shape index (κ2) is 61.9. The number of carbonyl (C=O) groups is 6. The molecule has 17 nitrogen and oxygen atoms in total. The number of unbranched alkanes of at least 4 members (excludes halogenated alkanes) is 18. The number of ketones is 3. The molecule has 828 valence electrons. The van der Waals surface area contributed by atoms with Gasteiger partial charge in [-0.1, -0.05) is 224 Å². The molecule has 0 heterocycles. The monoisotopic (exact) mass is 2090 g/mol. The zero-order chi connectivity index (χ0) is 105. The fourth-order valence-electron chi connectivity index (χ4n) is 30.1. The summed E-state index contributed by atoms with van der Waals surface area (Å²) in [7, 11) is 3.45. The van der Waals surface area contributed by atoms with Crippen LogP contribution in [0.3, 0.4) is 0 Å². The summed E-state index contributed by atoms with van der Waals surface area (Å²) in [6.07, 6.45) is 67.2. The topological polar surface area (TPSA) is 194 Å². The molecule has 15 rings (SSSR count). The Kier molecular flexibility index (Phi) is 49.4. The third-order valence-corrected chi connectivity index (χ3v) is 39.0. The molecule has 12 aliphatic carbocycles. The molecule has 0 saturated heterocycles. The number of amides is 3. The largest absolute Gasteiger partial charge is 0.450 e. The highest BCUT2D eigenvalue weighted by molar-refractivity contribution is 6.18. The van der Waals surface area contributed by atoms with Crippen LogP contribution < -0.4 is 30.7 Å². The highest BCUT2D eigenvalue weighted by atomic mass is 35.5. The average Bonchev–Trinajstić information content (AvgIpc) is 1.61. The molecule has 6 saturated carbocycles. The summed E-state index contributed by atoms with van der Waals surface area (Å²) >= 11 is 11.9. The van der Waals surface area contributed by atoms with E-state index in [1.165, 1.54) is 237 Å². The van der Waals surface area contributed by atoms with Crippen LogP contribution in [0.1, 0.15) is 393 Å². The zero-order valence-electron chi connectivity index (χ0n) is 94.5. The number of allylic oxidation sites excluding steroid dienone is 12. The number of rotatable bonds is 59. The summed E-state index contributed by atoms with van der Waals surface area (Å²) in [6.45, 7) is 30.1. The van der Waals surface area contributed by atoms with Crippen molar-refractivity contribution in [3.8, 4) is 0 Å². The number of benzene rings is 3. The van der Waals surface area contributed by atoms with Crippen LogP contribution in [-0.2, 0) is 57.3 Å². The maximum Gasteiger partial charge on any atom is 0.407 e. The quantitative estimate of drug-likeness (QED) is 0.0274. The van der Waals surface area contributed by atoms with Crippen LogP contribution in [-0.4, -0.2) is 154 Å². The molecule has 0 aromatic heterocycles. The van der Waals surface area contributed by atoms with Crippen molar-refractivity contribution < 1.29 is 52.5 Å². The minimum Gasteiger partial charge on any atom is -0.450 e. The van der Waals surface area contributed by atoms with Crippen LogP contribution in [0.4, 0.5) is 31.4 Å². The molecule has 19 heteroatoms. The number of hydrogen-bond donors (Lipinski definition) is 3. The van der Waals surface area contributed by atoms with E-state index in [-0.39, 0.29) is 18.3 Å². The summed E-state index contributed by atoms with van der Waals surface area (Å²) in [6, 6.07) is 26.1. The van der Waals surface area contributed by atoms with Crippen molar-refractivity contribution in [3.05, 3.63) is 158 Å². The summed E-state index contributed by atoms with van der Waals surface area (Å²) in [5, 5.41) is 8.74. The van der Waals surface area contributed by atoms with Gasteiger partial charge >= 0.3 is 18.3 Å². The average molecular weight is 2090 g/mol. The van der Waals surface area contributed by atoms with E-state index in [1.54, 1.807) is 30.9 Å². The molecule has 0 bridgehead atoms. The van der Waals surface area contributed by atoms with Gasteiger partial charge < -0.3 is 54.3 Å². The standard InChI is InChI=1S/C44H68N2O5.C44H68N2O3.C42H62Cl2N2O3/c1-33-15-24-41-40-22-18-35-31-38(47)21-23-39(35)42(40)36(32-44(33,41)2)14-10-8-6-5-7-9-11-28-51-43(48)45-25-12-13-34-16-19-37(20-17-34)46(26-29-49-3)27-30-50-4;1-5-28-46(29-6-2)37-21-18-34(19-22-37)15-14-27-45-43(48)49-30-13-11-9-7-8-10-12-16-36-32-44(4)33(3)17-26-41(44)40-24-20-35-31-38(47)23-25-39(35)42(36)40;1-31-13-22-39-38-20-16-33-29-36(47)19-21-37(33)40(38)34(30-42(31,39)2)12-8-6-4-3-5-7-9-28-49-41(48)45-25-10-11-32-14-17-35(18-15-32)46(26-23-43)27-24-44/h16-17,19-20,31,33,36,40-41H,5-15,18,21-30,32H2,1-4H3,(H,45,48);18-19,21-22,31,33,36,40-41H,5-17,20,23-30,32H2,1-4H3,(H,45,48);14-15,17-18,29,31,34,38-39H,3-13,16,19-28,30H2,1-2H3,(H,45,48)/t2*33-,36-,40?,41?,44+;31-,34-,38?,39?,42+/m000/s1. The van der Waals surface area contributed by atoms with Crippen LogP contribution in [0.5, 0.6) is 0 Å². The van der Waals surface area contributed by atoms with E-state index >= 15 is 0 Å². The SMILES string of the molecule is CCCN(CCC)c1ccc(CCCNC(=O)OCCCCCCCCC[C@H]2C[C@@]3(C)C(CC[C@@H]3C)C3CCC4=CC(=O)CCC4=C32)cc1.COCCN(CCOC)c1ccc(CCCNC(=O)OCCCCCCCCC[C@H]2C[C@@]3(C)C(CC[C@@H]3C)C3CCC4=CC(=O)CCC4=C32)cc1.C[C@H]1CCC2C3CCC4=CC(=O)CCC4=C3[C@@H](CCCCCCCCCOC(=O)NCCCc3ccc(N(CCCl)CCCl)cc3)C[C@@]21C. The van der Waals surface area contributed by atoms with Gasteiger partial charge in [-0.25, -0.2) is 14.4 Å². The number of anilines is 3. The summed E-state index contributed by atoms with van der Waals surface area (Å²) in [5.41, 5.74) is 23.4. The van der Waals surface area contributed by atoms with Gasteiger partial charge in [-0.15, -0.1) is 23.2 Å². The van der Waals surface area contributed by atoms with Crippen molar-refractivity contribution in [2.24, 2.45) is 87.3 Å². The van der Waals surface area contributed by atoms with Crippen LogP contribution in [0.25, 0.3) is 0 Å². The number of alkyl halides is 2. The van der Waals surface area contributed by atoms with E-state index in [1.807, 2.05) is 34.9 Å². The van der Waals surface area contributed by atoms with Crippen LogP contribution in [0.15, 0.2) is 141 Å². The van der Waals surface area contributed by atoms with E-state index in [2.05, 4.69) is 159 Å². The number of alkyl carbamates (subject to hydrolysis) is 3. The molecule has 3 N–H and O–H groups in total. The maximum atomic E-state index is 12.2. The maximum absolute atomic E-state index is 12.2. The third-order valence-electron chi connectivity index (χ3n) is 38.7. The second-order valence-electron chi connectivity index (χ2n) is 48.2.